The number of hydrogen-bond donors (Lipinski definition) is 1. The van der Waals surface area contributed by atoms with Crippen LogP contribution in [0.3, 0.4) is 0 Å². The molecule has 0 radical (unpaired) electrons. The molecule has 1 atom stereocenters. The summed E-state index contributed by atoms with van der Waals surface area (Å²) in [7, 11) is 0. The highest BCUT2D eigenvalue weighted by molar-refractivity contribution is 5.93. The number of aromatic nitrogens is 2. The Morgan fingerprint density at radius 2 is 1.90 bits per heavy atom. The fraction of sp³-hybridized carbons (Fsp3) is 0.250. The zero-order chi connectivity index (χ0) is 19.9. The first kappa shape index (κ1) is 19.2. The highest BCUT2D eigenvalue weighted by atomic mass is 16.5. The van der Waals surface area contributed by atoms with Crippen molar-refractivity contribution >= 4 is 12.0 Å². The number of amides is 1. The fourth-order valence-corrected chi connectivity index (χ4v) is 3.50. The molecule has 0 aliphatic carbocycles. The number of ether oxygens (including phenoxy) is 1. The Balaban J connectivity index is 1.54. The number of benzene rings is 2. The Kier molecular flexibility index (Phi) is 6.17. The average molecular weight is 387 g/mol. The molecular formula is C24H25N3O2. The van der Waals surface area contributed by atoms with Crippen LogP contribution < -0.4 is 5.32 Å². The van der Waals surface area contributed by atoms with Gasteiger partial charge in [0.15, 0.2) is 0 Å². The third-order valence-corrected chi connectivity index (χ3v) is 4.95. The summed E-state index contributed by atoms with van der Waals surface area (Å²) < 4.78 is 7.35. The molecule has 2 aromatic carbocycles. The summed E-state index contributed by atoms with van der Waals surface area (Å²) in [6.45, 7) is 2.05. The van der Waals surface area contributed by atoms with Crippen molar-refractivity contribution in [3.63, 3.8) is 0 Å². The van der Waals surface area contributed by atoms with Gasteiger partial charge in [-0.2, -0.15) is 5.10 Å². The highest BCUT2D eigenvalue weighted by Crippen LogP contribution is 2.23. The molecule has 1 N–H and O–H groups in total. The van der Waals surface area contributed by atoms with E-state index in [0.29, 0.717) is 13.2 Å². The van der Waals surface area contributed by atoms with Crippen LogP contribution in [0.5, 0.6) is 0 Å². The summed E-state index contributed by atoms with van der Waals surface area (Å²) in [5.74, 6) is -0.102. The van der Waals surface area contributed by atoms with E-state index < -0.39 is 0 Å². The van der Waals surface area contributed by atoms with Crippen molar-refractivity contribution in [3.05, 3.63) is 84.1 Å². The molecule has 1 unspecified atom stereocenters. The first-order valence-electron chi connectivity index (χ1n) is 10.0. The van der Waals surface area contributed by atoms with E-state index in [9.17, 15) is 4.79 Å². The molecule has 5 heteroatoms. The molecule has 1 aliphatic rings. The van der Waals surface area contributed by atoms with Crippen LogP contribution in [0.4, 0.5) is 0 Å². The highest BCUT2D eigenvalue weighted by Gasteiger charge is 2.15. The predicted octanol–water partition coefficient (Wildman–Crippen LogP) is 3.91. The van der Waals surface area contributed by atoms with Crippen LogP contribution in [0.25, 0.3) is 17.3 Å². The van der Waals surface area contributed by atoms with Crippen LogP contribution in [0.1, 0.15) is 24.0 Å². The van der Waals surface area contributed by atoms with Gasteiger partial charge in [-0.05, 0) is 24.5 Å². The Labute approximate surface area is 171 Å². The van der Waals surface area contributed by atoms with Crippen molar-refractivity contribution in [3.8, 4) is 11.3 Å². The van der Waals surface area contributed by atoms with E-state index >= 15 is 0 Å². The lowest BCUT2D eigenvalue weighted by Gasteiger charge is -2.22. The van der Waals surface area contributed by atoms with E-state index in [-0.39, 0.29) is 11.9 Å². The van der Waals surface area contributed by atoms with Gasteiger partial charge in [-0.1, -0.05) is 60.7 Å². The molecule has 29 heavy (non-hydrogen) atoms. The minimum absolute atomic E-state index is 0.0929. The van der Waals surface area contributed by atoms with Crippen molar-refractivity contribution in [1.82, 2.24) is 15.1 Å². The second-order valence-corrected chi connectivity index (χ2v) is 7.24. The van der Waals surface area contributed by atoms with Gasteiger partial charge in [0.2, 0.25) is 5.91 Å². The summed E-state index contributed by atoms with van der Waals surface area (Å²) in [6.07, 6.45) is 7.37. The first-order chi connectivity index (χ1) is 14.3. The molecule has 1 saturated heterocycles. The number of nitrogens with zero attached hydrogens (tertiary/aromatic N) is 2. The number of carbonyl (C=O) groups excluding carboxylic acids is 1. The molecule has 5 nitrogen and oxygen atoms in total. The third kappa shape index (κ3) is 5.21. The summed E-state index contributed by atoms with van der Waals surface area (Å²) in [5, 5.41) is 7.80. The lowest BCUT2D eigenvalue weighted by molar-refractivity contribution is -0.118. The topological polar surface area (TPSA) is 56.2 Å². The van der Waals surface area contributed by atoms with Crippen molar-refractivity contribution < 1.29 is 9.53 Å². The van der Waals surface area contributed by atoms with E-state index in [4.69, 9.17) is 9.84 Å². The Bertz CT molecular complexity index is 958. The maximum absolute atomic E-state index is 12.3. The molecule has 3 aromatic rings. The van der Waals surface area contributed by atoms with Gasteiger partial charge in [-0.25, -0.2) is 0 Å². The minimum Gasteiger partial charge on any atom is -0.379 e. The SMILES string of the molecule is O=C(/C=C/c1cn(Cc2ccccc2)nc1-c1ccccc1)NC1CCCOC1. The Morgan fingerprint density at radius 3 is 2.62 bits per heavy atom. The molecule has 1 amide bonds. The van der Waals surface area contributed by atoms with Gasteiger partial charge in [0.1, 0.15) is 0 Å². The standard InChI is InChI=1S/C24H25N3O2/c28-23(25-22-12-7-15-29-18-22)14-13-21-17-27(16-19-8-3-1-4-9-19)26-24(21)20-10-5-2-6-11-20/h1-6,8-11,13-14,17,22H,7,12,15-16,18H2,(H,25,28)/b14-13+. The molecule has 0 bridgehead atoms. The second kappa shape index (κ2) is 9.34. The zero-order valence-electron chi connectivity index (χ0n) is 16.3. The third-order valence-electron chi connectivity index (χ3n) is 4.95. The van der Waals surface area contributed by atoms with Crippen LogP contribution in [0, 0.1) is 0 Å². The summed E-state index contributed by atoms with van der Waals surface area (Å²) in [6, 6.07) is 20.4. The number of hydrogen-bond acceptors (Lipinski definition) is 3. The van der Waals surface area contributed by atoms with Crippen LogP contribution in [-0.4, -0.2) is 34.9 Å². The number of carbonyl (C=O) groups is 1. The predicted molar refractivity (Wildman–Crippen MR) is 114 cm³/mol. The second-order valence-electron chi connectivity index (χ2n) is 7.24. The molecule has 0 saturated carbocycles. The smallest absolute Gasteiger partial charge is 0.244 e. The molecule has 0 spiro atoms. The van der Waals surface area contributed by atoms with Gasteiger partial charge in [-0.15, -0.1) is 0 Å². The van der Waals surface area contributed by atoms with Crippen molar-refractivity contribution in [1.29, 1.82) is 0 Å². The quantitative estimate of drug-likeness (QED) is 0.653. The van der Waals surface area contributed by atoms with Gasteiger partial charge in [0.05, 0.1) is 24.9 Å². The van der Waals surface area contributed by atoms with E-state index in [1.165, 1.54) is 5.56 Å². The first-order valence-corrected chi connectivity index (χ1v) is 10.0. The van der Waals surface area contributed by atoms with E-state index in [2.05, 4.69) is 17.4 Å². The van der Waals surface area contributed by atoms with Gasteiger partial charge < -0.3 is 10.1 Å². The molecule has 1 fully saturated rings. The van der Waals surface area contributed by atoms with Crippen molar-refractivity contribution in [2.75, 3.05) is 13.2 Å². The molecule has 2 heterocycles. The normalized spacial score (nSPS) is 16.8. The lowest BCUT2D eigenvalue weighted by atomic mass is 10.1. The average Bonchev–Trinajstić information content (AvgIpc) is 3.17. The largest absolute Gasteiger partial charge is 0.379 e. The summed E-state index contributed by atoms with van der Waals surface area (Å²) in [5.41, 5.74) is 3.99. The van der Waals surface area contributed by atoms with E-state index in [1.54, 1.807) is 6.08 Å². The monoisotopic (exact) mass is 387 g/mol. The molecule has 1 aromatic heterocycles. The van der Waals surface area contributed by atoms with E-state index in [0.717, 1.165) is 36.3 Å². The van der Waals surface area contributed by atoms with Crippen LogP contribution in [-0.2, 0) is 16.1 Å². The molecule has 4 rings (SSSR count). The fourth-order valence-electron chi connectivity index (χ4n) is 3.50. The lowest BCUT2D eigenvalue weighted by Crippen LogP contribution is -2.39. The zero-order valence-corrected chi connectivity index (χ0v) is 16.3. The molecule has 1 aliphatic heterocycles. The Hall–Kier alpha value is -3.18. The Morgan fingerprint density at radius 1 is 1.14 bits per heavy atom. The molecular weight excluding hydrogens is 362 g/mol. The maximum Gasteiger partial charge on any atom is 0.244 e. The van der Waals surface area contributed by atoms with Crippen molar-refractivity contribution in [2.24, 2.45) is 0 Å². The van der Waals surface area contributed by atoms with Gasteiger partial charge in [-0.3, -0.25) is 9.48 Å². The van der Waals surface area contributed by atoms with Gasteiger partial charge in [0, 0.05) is 30.0 Å². The summed E-state index contributed by atoms with van der Waals surface area (Å²) >= 11 is 0. The maximum atomic E-state index is 12.3. The van der Waals surface area contributed by atoms with Gasteiger partial charge >= 0.3 is 0 Å². The number of rotatable bonds is 6. The number of nitrogens with one attached hydrogen (secondary N) is 1. The minimum atomic E-state index is -0.102. The molecule has 148 valence electrons. The van der Waals surface area contributed by atoms with E-state index in [1.807, 2.05) is 65.5 Å². The summed E-state index contributed by atoms with van der Waals surface area (Å²) in [4.78, 5) is 12.3. The van der Waals surface area contributed by atoms with Crippen molar-refractivity contribution in [2.45, 2.75) is 25.4 Å². The van der Waals surface area contributed by atoms with Crippen LogP contribution in [0.2, 0.25) is 0 Å². The van der Waals surface area contributed by atoms with Crippen LogP contribution in [0.15, 0.2) is 72.9 Å². The van der Waals surface area contributed by atoms with Gasteiger partial charge in [0.25, 0.3) is 0 Å². The van der Waals surface area contributed by atoms with Crippen LogP contribution >= 0.6 is 0 Å².